The van der Waals surface area contributed by atoms with Crippen molar-refractivity contribution in [1.82, 2.24) is 4.57 Å². The molecule has 2 fully saturated rings. The summed E-state index contributed by atoms with van der Waals surface area (Å²) in [6.45, 7) is 1.16. The molecule has 1 saturated heterocycles. The first-order valence-corrected chi connectivity index (χ1v) is 11.2. The SMILES string of the molecule is O=C(CCC1CCCCCC1)Nc1cn(CC2(O)COC2)c2cccc(Br)c12. The number of hydrogen-bond acceptors (Lipinski definition) is 3. The Hall–Kier alpha value is -1.37. The van der Waals surface area contributed by atoms with Crippen molar-refractivity contribution in [3.63, 3.8) is 0 Å². The molecule has 4 rings (SSSR count). The minimum Gasteiger partial charge on any atom is -0.383 e. The monoisotopic (exact) mass is 448 g/mol. The number of amides is 1. The molecule has 0 radical (unpaired) electrons. The lowest BCUT2D eigenvalue weighted by molar-refractivity contribution is -0.184. The number of aromatic nitrogens is 1. The molecular formula is C22H29BrN2O3. The van der Waals surface area contributed by atoms with E-state index < -0.39 is 5.60 Å². The Bertz CT molecular complexity index is 836. The Morgan fingerprint density at radius 1 is 1.25 bits per heavy atom. The topological polar surface area (TPSA) is 63.5 Å². The summed E-state index contributed by atoms with van der Waals surface area (Å²) in [5, 5.41) is 14.6. The highest BCUT2D eigenvalue weighted by Gasteiger charge is 2.37. The van der Waals surface area contributed by atoms with Gasteiger partial charge in [0, 0.05) is 22.5 Å². The third kappa shape index (κ3) is 4.44. The van der Waals surface area contributed by atoms with Crippen molar-refractivity contribution in [2.75, 3.05) is 18.5 Å². The van der Waals surface area contributed by atoms with Gasteiger partial charge >= 0.3 is 0 Å². The van der Waals surface area contributed by atoms with Crippen LogP contribution in [0, 0.1) is 5.92 Å². The van der Waals surface area contributed by atoms with Crippen LogP contribution in [0.25, 0.3) is 10.9 Å². The number of halogens is 1. The minimum absolute atomic E-state index is 0.0738. The Morgan fingerprint density at radius 3 is 2.68 bits per heavy atom. The summed E-state index contributed by atoms with van der Waals surface area (Å²) in [7, 11) is 0. The van der Waals surface area contributed by atoms with Crippen LogP contribution >= 0.6 is 15.9 Å². The van der Waals surface area contributed by atoms with Crippen LogP contribution in [-0.4, -0.2) is 34.4 Å². The second-order valence-electron chi connectivity index (χ2n) is 8.47. The number of aliphatic hydroxyl groups is 1. The molecule has 1 aliphatic heterocycles. The Balaban J connectivity index is 1.47. The highest BCUT2D eigenvalue weighted by Crippen LogP contribution is 2.34. The van der Waals surface area contributed by atoms with Crippen LogP contribution in [0.3, 0.4) is 0 Å². The zero-order valence-electron chi connectivity index (χ0n) is 16.3. The van der Waals surface area contributed by atoms with Gasteiger partial charge in [0.1, 0.15) is 5.60 Å². The summed E-state index contributed by atoms with van der Waals surface area (Å²) in [4.78, 5) is 12.7. The third-order valence-corrected chi connectivity index (χ3v) is 6.75. The highest BCUT2D eigenvalue weighted by atomic mass is 79.9. The molecule has 2 aliphatic rings. The van der Waals surface area contributed by atoms with E-state index in [4.69, 9.17) is 4.74 Å². The number of carbonyl (C=O) groups is 1. The fourth-order valence-electron chi connectivity index (χ4n) is 4.48. The maximum Gasteiger partial charge on any atom is 0.224 e. The van der Waals surface area contributed by atoms with Crippen molar-refractivity contribution in [1.29, 1.82) is 0 Å². The van der Waals surface area contributed by atoms with Crippen molar-refractivity contribution in [3.05, 3.63) is 28.9 Å². The first-order valence-electron chi connectivity index (χ1n) is 10.4. The fourth-order valence-corrected chi connectivity index (χ4v) is 5.05. The molecule has 2 heterocycles. The zero-order valence-corrected chi connectivity index (χ0v) is 17.8. The fraction of sp³-hybridized carbons (Fsp3) is 0.591. The maximum atomic E-state index is 12.7. The predicted molar refractivity (Wildman–Crippen MR) is 114 cm³/mol. The average molecular weight is 449 g/mol. The van der Waals surface area contributed by atoms with E-state index in [1.807, 2.05) is 29.0 Å². The van der Waals surface area contributed by atoms with Gasteiger partial charge in [-0.05, 0) is 24.5 Å². The quantitative estimate of drug-likeness (QED) is 0.620. The minimum atomic E-state index is -0.824. The number of ether oxygens (including phenoxy) is 1. The van der Waals surface area contributed by atoms with Gasteiger partial charge < -0.3 is 19.7 Å². The first kappa shape index (κ1) is 19.9. The number of fused-ring (bicyclic) bond motifs is 1. The van der Waals surface area contributed by atoms with Gasteiger partial charge in [0.05, 0.1) is 31.0 Å². The van der Waals surface area contributed by atoms with E-state index in [2.05, 4.69) is 21.2 Å². The van der Waals surface area contributed by atoms with Crippen molar-refractivity contribution >= 4 is 38.4 Å². The van der Waals surface area contributed by atoms with Crippen LogP contribution < -0.4 is 5.32 Å². The number of rotatable bonds is 6. The molecule has 0 atom stereocenters. The maximum absolute atomic E-state index is 12.7. The number of benzene rings is 1. The van der Waals surface area contributed by atoms with E-state index in [9.17, 15) is 9.90 Å². The lowest BCUT2D eigenvalue weighted by atomic mass is 9.95. The number of nitrogens with zero attached hydrogens (tertiary/aromatic N) is 1. The van der Waals surface area contributed by atoms with E-state index in [0.29, 0.717) is 32.1 Å². The molecule has 1 aromatic heterocycles. The second-order valence-corrected chi connectivity index (χ2v) is 9.32. The molecule has 2 N–H and O–H groups in total. The van der Waals surface area contributed by atoms with E-state index >= 15 is 0 Å². The van der Waals surface area contributed by atoms with Crippen molar-refractivity contribution < 1.29 is 14.6 Å². The average Bonchev–Trinajstić information content (AvgIpc) is 2.82. The molecule has 1 saturated carbocycles. The van der Waals surface area contributed by atoms with E-state index in [-0.39, 0.29) is 5.91 Å². The Morgan fingerprint density at radius 2 is 2.00 bits per heavy atom. The van der Waals surface area contributed by atoms with Gasteiger partial charge in [0.15, 0.2) is 0 Å². The normalized spacial score (nSPS) is 19.9. The molecule has 0 bridgehead atoms. The van der Waals surface area contributed by atoms with Gasteiger partial charge in [0.2, 0.25) is 5.91 Å². The van der Waals surface area contributed by atoms with Crippen LogP contribution in [-0.2, 0) is 16.1 Å². The molecule has 5 nitrogen and oxygen atoms in total. The Labute approximate surface area is 174 Å². The number of anilines is 1. The van der Waals surface area contributed by atoms with E-state index in [1.54, 1.807) is 0 Å². The van der Waals surface area contributed by atoms with Gasteiger partial charge in [-0.15, -0.1) is 0 Å². The van der Waals surface area contributed by atoms with Crippen LogP contribution in [0.5, 0.6) is 0 Å². The molecule has 1 aliphatic carbocycles. The number of hydrogen-bond donors (Lipinski definition) is 2. The molecule has 152 valence electrons. The lowest BCUT2D eigenvalue weighted by Crippen LogP contribution is -2.52. The molecular weight excluding hydrogens is 420 g/mol. The molecule has 0 spiro atoms. The molecule has 2 aromatic rings. The summed E-state index contributed by atoms with van der Waals surface area (Å²) in [6.07, 6.45) is 11.3. The summed E-state index contributed by atoms with van der Waals surface area (Å²) >= 11 is 3.62. The summed E-state index contributed by atoms with van der Waals surface area (Å²) < 4.78 is 8.13. The lowest BCUT2D eigenvalue weighted by Gasteiger charge is -2.36. The summed E-state index contributed by atoms with van der Waals surface area (Å²) in [5.41, 5.74) is 0.973. The standard InChI is InChI=1S/C22H29BrN2O3/c23-17-8-5-9-19-21(17)18(12-25(19)13-22(27)14-28-15-22)24-20(26)11-10-16-6-3-1-2-4-7-16/h5,8-9,12,16,27H,1-4,6-7,10-11,13-15H2,(H,24,26). The number of carbonyl (C=O) groups excluding carboxylic acids is 1. The molecule has 6 heteroatoms. The van der Waals surface area contributed by atoms with E-state index in [0.717, 1.165) is 27.5 Å². The molecule has 0 unspecified atom stereocenters. The van der Waals surface area contributed by atoms with Crippen LogP contribution in [0.15, 0.2) is 28.9 Å². The van der Waals surface area contributed by atoms with Gasteiger partial charge in [-0.1, -0.05) is 60.5 Å². The van der Waals surface area contributed by atoms with Crippen LogP contribution in [0.1, 0.15) is 51.4 Å². The van der Waals surface area contributed by atoms with Gasteiger partial charge in [0.25, 0.3) is 0 Å². The van der Waals surface area contributed by atoms with Crippen molar-refractivity contribution in [2.45, 2.75) is 63.5 Å². The molecule has 1 amide bonds. The summed E-state index contributed by atoms with van der Waals surface area (Å²) in [6, 6.07) is 5.97. The van der Waals surface area contributed by atoms with E-state index in [1.165, 1.54) is 38.5 Å². The summed E-state index contributed by atoms with van der Waals surface area (Å²) in [5.74, 6) is 0.763. The second kappa shape index (κ2) is 8.56. The number of nitrogens with one attached hydrogen (secondary N) is 1. The third-order valence-electron chi connectivity index (χ3n) is 6.09. The first-order chi connectivity index (χ1) is 13.5. The van der Waals surface area contributed by atoms with Gasteiger partial charge in [-0.25, -0.2) is 0 Å². The van der Waals surface area contributed by atoms with Crippen LogP contribution in [0.2, 0.25) is 0 Å². The largest absolute Gasteiger partial charge is 0.383 e. The molecule has 1 aromatic carbocycles. The van der Waals surface area contributed by atoms with Gasteiger partial charge in [-0.2, -0.15) is 0 Å². The van der Waals surface area contributed by atoms with Crippen LogP contribution in [0.4, 0.5) is 5.69 Å². The Kier molecular flexibility index (Phi) is 6.09. The van der Waals surface area contributed by atoms with Gasteiger partial charge in [-0.3, -0.25) is 4.79 Å². The predicted octanol–water partition coefficient (Wildman–Crippen LogP) is 4.85. The smallest absolute Gasteiger partial charge is 0.224 e. The molecule has 28 heavy (non-hydrogen) atoms. The van der Waals surface area contributed by atoms with Crippen molar-refractivity contribution in [3.8, 4) is 0 Å². The zero-order chi connectivity index (χ0) is 19.6. The highest BCUT2D eigenvalue weighted by molar-refractivity contribution is 9.10. The van der Waals surface area contributed by atoms with Crippen molar-refractivity contribution in [2.24, 2.45) is 5.92 Å².